The third kappa shape index (κ3) is 7.28. The molecule has 1 aliphatic rings. The van der Waals surface area contributed by atoms with Crippen molar-refractivity contribution in [2.75, 3.05) is 20.2 Å². The molecule has 2 aromatic carbocycles. The van der Waals surface area contributed by atoms with Crippen LogP contribution in [0, 0.1) is 5.92 Å². The summed E-state index contributed by atoms with van der Waals surface area (Å²) in [5.74, 6) is 0.386. The summed E-state index contributed by atoms with van der Waals surface area (Å²) in [6, 6.07) is 13.4. The van der Waals surface area contributed by atoms with E-state index < -0.39 is 16.1 Å². The lowest BCUT2D eigenvalue weighted by atomic mass is 10.0. The van der Waals surface area contributed by atoms with E-state index in [1.165, 1.54) is 37.6 Å². The van der Waals surface area contributed by atoms with Gasteiger partial charge in [-0.1, -0.05) is 38.1 Å². The molecule has 7 nitrogen and oxygen atoms in total. The van der Waals surface area contributed by atoms with Gasteiger partial charge in [-0.2, -0.15) is 4.72 Å². The van der Waals surface area contributed by atoms with Crippen LogP contribution in [0.15, 0.2) is 53.4 Å². The van der Waals surface area contributed by atoms with Gasteiger partial charge in [0.2, 0.25) is 15.9 Å². The van der Waals surface area contributed by atoms with Crippen LogP contribution in [0.4, 0.5) is 0 Å². The molecule has 0 saturated carbocycles. The first-order valence-corrected chi connectivity index (χ1v) is 13.0. The van der Waals surface area contributed by atoms with E-state index in [0.717, 1.165) is 25.2 Å². The van der Waals surface area contributed by atoms with Crippen LogP contribution in [0.1, 0.15) is 44.2 Å². The average Bonchev–Trinajstić information content (AvgIpc) is 3.30. The number of rotatable bonds is 11. The largest absolute Gasteiger partial charge is 0.497 e. The first kappa shape index (κ1) is 25.2. The molecule has 3 rings (SSSR count). The number of hydrogen-bond donors (Lipinski definition) is 2. The maximum absolute atomic E-state index is 13.0. The lowest BCUT2D eigenvalue weighted by Crippen LogP contribution is -2.47. The third-order valence-corrected chi connectivity index (χ3v) is 7.34. The van der Waals surface area contributed by atoms with Crippen molar-refractivity contribution < 1.29 is 17.9 Å². The fourth-order valence-electron chi connectivity index (χ4n) is 4.06. The van der Waals surface area contributed by atoms with Crippen molar-refractivity contribution in [1.82, 2.24) is 14.9 Å². The molecule has 1 heterocycles. The number of likely N-dealkylation sites (tertiary alicyclic amines) is 1. The van der Waals surface area contributed by atoms with Gasteiger partial charge in [0.1, 0.15) is 11.8 Å². The van der Waals surface area contributed by atoms with E-state index in [4.69, 9.17) is 4.74 Å². The van der Waals surface area contributed by atoms with Crippen LogP contribution in [0.25, 0.3) is 0 Å². The van der Waals surface area contributed by atoms with Crippen molar-refractivity contribution in [2.45, 2.75) is 57.1 Å². The predicted molar refractivity (Wildman–Crippen MR) is 129 cm³/mol. The SMILES string of the molecule is COc1ccc(S(=O)(=O)NC(CC(C)C)C(=O)NCc2ccccc2CN2CCCC2)cc1. The number of nitrogens with zero attached hydrogens (tertiary/aromatic N) is 1. The lowest BCUT2D eigenvalue weighted by Gasteiger charge is -2.21. The second kappa shape index (κ2) is 11.6. The Morgan fingerprint density at radius 3 is 2.27 bits per heavy atom. The summed E-state index contributed by atoms with van der Waals surface area (Å²) in [4.78, 5) is 15.6. The summed E-state index contributed by atoms with van der Waals surface area (Å²) in [6.45, 7) is 7.36. The van der Waals surface area contributed by atoms with Crippen LogP contribution in [0.5, 0.6) is 5.75 Å². The molecular formula is C25H35N3O4S. The summed E-state index contributed by atoms with van der Waals surface area (Å²) in [5, 5.41) is 2.96. The predicted octanol–water partition coefficient (Wildman–Crippen LogP) is 3.30. The molecule has 1 fully saturated rings. The Kier molecular flexibility index (Phi) is 8.88. The zero-order chi connectivity index (χ0) is 23.8. The summed E-state index contributed by atoms with van der Waals surface area (Å²) in [5.41, 5.74) is 2.25. The maximum Gasteiger partial charge on any atom is 0.241 e. The average molecular weight is 474 g/mol. The van der Waals surface area contributed by atoms with Crippen molar-refractivity contribution in [3.63, 3.8) is 0 Å². The number of hydrogen-bond acceptors (Lipinski definition) is 5. The zero-order valence-corrected chi connectivity index (χ0v) is 20.5. The minimum Gasteiger partial charge on any atom is -0.497 e. The highest BCUT2D eigenvalue weighted by molar-refractivity contribution is 7.89. The first-order chi connectivity index (χ1) is 15.8. The second-order valence-corrected chi connectivity index (χ2v) is 10.7. The standard InChI is InChI=1S/C25H35N3O4S/c1-19(2)16-24(27-33(30,31)23-12-10-22(32-3)11-13-23)25(29)26-17-20-8-4-5-9-21(20)18-28-14-6-7-15-28/h4-5,8-13,19,24,27H,6-7,14-18H2,1-3H3,(H,26,29). The number of carbonyl (C=O) groups is 1. The molecule has 8 heteroatoms. The van der Waals surface area contributed by atoms with Crippen molar-refractivity contribution >= 4 is 15.9 Å². The van der Waals surface area contributed by atoms with Gasteiger partial charge in [0.25, 0.3) is 0 Å². The Bertz CT molecular complexity index is 1020. The summed E-state index contributed by atoms with van der Waals surface area (Å²) >= 11 is 0. The smallest absolute Gasteiger partial charge is 0.241 e. The highest BCUT2D eigenvalue weighted by atomic mass is 32.2. The molecule has 0 spiro atoms. The monoisotopic (exact) mass is 473 g/mol. The van der Waals surface area contributed by atoms with E-state index in [-0.39, 0.29) is 16.7 Å². The van der Waals surface area contributed by atoms with Crippen LogP contribution in [0.3, 0.4) is 0 Å². The molecule has 0 aromatic heterocycles. The third-order valence-electron chi connectivity index (χ3n) is 5.85. The van der Waals surface area contributed by atoms with Gasteiger partial charge in [-0.05, 0) is 73.7 Å². The molecule has 2 N–H and O–H groups in total. The molecule has 1 saturated heterocycles. The van der Waals surface area contributed by atoms with Gasteiger partial charge in [0.05, 0.1) is 12.0 Å². The van der Waals surface area contributed by atoms with E-state index in [1.54, 1.807) is 12.1 Å². The highest BCUT2D eigenvalue weighted by Crippen LogP contribution is 2.18. The Morgan fingerprint density at radius 2 is 1.67 bits per heavy atom. The van der Waals surface area contributed by atoms with Gasteiger partial charge in [-0.15, -0.1) is 0 Å². The lowest BCUT2D eigenvalue weighted by molar-refractivity contribution is -0.123. The van der Waals surface area contributed by atoms with E-state index >= 15 is 0 Å². The van der Waals surface area contributed by atoms with Gasteiger partial charge < -0.3 is 10.1 Å². The fraction of sp³-hybridized carbons (Fsp3) is 0.480. The van der Waals surface area contributed by atoms with E-state index in [1.807, 2.05) is 32.0 Å². The number of amides is 1. The number of benzene rings is 2. The van der Waals surface area contributed by atoms with Crippen LogP contribution in [0.2, 0.25) is 0 Å². The summed E-state index contributed by atoms with van der Waals surface area (Å²) < 4.78 is 33.5. The number of nitrogens with one attached hydrogen (secondary N) is 2. The molecule has 1 amide bonds. The van der Waals surface area contributed by atoms with E-state index in [0.29, 0.717) is 18.7 Å². The molecule has 0 radical (unpaired) electrons. The van der Waals surface area contributed by atoms with Crippen molar-refractivity contribution in [1.29, 1.82) is 0 Å². The van der Waals surface area contributed by atoms with E-state index in [9.17, 15) is 13.2 Å². The van der Waals surface area contributed by atoms with Crippen molar-refractivity contribution in [3.05, 3.63) is 59.7 Å². The normalized spacial score (nSPS) is 15.5. The van der Waals surface area contributed by atoms with Crippen molar-refractivity contribution in [3.8, 4) is 5.75 Å². The minimum absolute atomic E-state index is 0.0980. The molecule has 1 unspecified atom stereocenters. The molecule has 1 aliphatic heterocycles. The maximum atomic E-state index is 13.0. The molecule has 1 atom stereocenters. The summed E-state index contributed by atoms with van der Waals surface area (Å²) in [7, 11) is -2.33. The zero-order valence-electron chi connectivity index (χ0n) is 19.7. The van der Waals surface area contributed by atoms with Gasteiger partial charge in [0.15, 0.2) is 0 Å². The topological polar surface area (TPSA) is 87.7 Å². The molecule has 180 valence electrons. The Labute approximate surface area is 197 Å². The van der Waals surface area contributed by atoms with Crippen LogP contribution in [-0.2, 0) is 27.9 Å². The van der Waals surface area contributed by atoms with E-state index in [2.05, 4.69) is 21.0 Å². The fourth-order valence-corrected chi connectivity index (χ4v) is 5.27. The quantitative estimate of drug-likeness (QED) is 0.523. The van der Waals surface area contributed by atoms with Crippen molar-refractivity contribution in [2.24, 2.45) is 5.92 Å². The molecule has 33 heavy (non-hydrogen) atoms. The molecule has 0 bridgehead atoms. The van der Waals surface area contributed by atoms with Crippen LogP contribution in [-0.4, -0.2) is 45.5 Å². The Balaban J connectivity index is 1.68. The number of ether oxygens (including phenoxy) is 1. The first-order valence-electron chi connectivity index (χ1n) is 11.5. The minimum atomic E-state index is -3.86. The number of methoxy groups -OCH3 is 1. The highest BCUT2D eigenvalue weighted by Gasteiger charge is 2.26. The van der Waals surface area contributed by atoms with Gasteiger partial charge >= 0.3 is 0 Å². The van der Waals surface area contributed by atoms with Crippen LogP contribution < -0.4 is 14.8 Å². The van der Waals surface area contributed by atoms with Crippen LogP contribution >= 0.6 is 0 Å². The Hall–Kier alpha value is -2.42. The number of carbonyl (C=O) groups excluding carboxylic acids is 1. The van der Waals surface area contributed by atoms with Gasteiger partial charge in [-0.3, -0.25) is 9.69 Å². The molecular weight excluding hydrogens is 438 g/mol. The van der Waals surface area contributed by atoms with Gasteiger partial charge in [0, 0.05) is 13.1 Å². The number of sulfonamides is 1. The molecule has 2 aromatic rings. The molecule has 0 aliphatic carbocycles. The summed E-state index contributed by atoms with van der Waals surface area (Å²) in [6.07, 6.45) is 2.85. The Morgan fingerprint density at radius 1 is 1.03 bits per heavy atom. The second-order valence-electron chi connectivity index (χ2n) is 8.95. The van der Waals surface area contributed by atoms with Gasteiger partial charge in [-0.25, -0.2) is 8.42 Å².